The number of carbonyl (C=O) groups excluding carboxylic acids is 2. The van der Waals surface area contributed by atoms with Crippen LogP contribution in [-0.2, 0) is 16.1 Å². The lowest BCUT2D eigenvalue weighted by Gasteiger charge is -2.41. The van der Waals surface area contributed by atoms with Crippen molar-refractivity contribution in [3.8, 4) is 5.75 Å². The van der Waals surface area contributed by atoms with E-state index in [1.165, 1.54) is 0 Å². The number of carbonyl (C=O) groups is 2. The zero-order chi connectivity index (χ0) is 21.5. The fourth-order valence-corrected chi connectivity index (χ4v) is 4.08. The molecular formula is C24H29ClN2O3. The third kappa shape index (κ3) is 5.33. The highest BCUT2D eigenvalue weighted by molar-refractivity contribution is 6.30. The Balaban J connectivity index is 1.81. The standard InChI is InChI=1S/C24H29ClN2O3/c1-3-4-15-27-22(28)14-13-21(23(27)18-7-11-20(30-2)12-8-18)24(29)26-16-17-5-9-19(25)10-6-17/h5-12,21,23H,3-4,13-16H2,1-2H3,(H,26,29)/t21-,23+/m0/s1. The Labute approximate surface area is 183 Å². The Hall–Kier alpha value is -2.53. The molecule has 0 aromatic heterocycles. The number of ether oxygens (including phenoxy) is 1. The van der Waals surface area contributed by atoms with Gasteiger partial charge in [0.15, 0.2) is 0 Å². The number of benzene rings is 2. The zero-order valence-corrected chi connectivity index (χ0v) is 18.3. The first-order valence-corrected chi connectivity index (χ1v) is 10.9. The molecule has 2 atom stereocenters. The summed E-state index contributed by atoms with van der Waals surface area (Å²) in [6, 6.07) is 14.9. The van der Waals surface area contributed by atoms with E-state index in [2.05, 4.69) is 12.2 Å². The van der Waals surface area contributed by atoms with E-state index in [0.717, 1.165) is 29.7 Å². The van der Waals surface area contributed by atoms with Gasteiger partial charge in [0.05, 0.1) is 19.1 Å². The number of rotatable bonds is 8. The van der Waals surface area contributed by atoms with Crippen LogP contribution in [0.1, 0.15) is 49.8 Å². The van der Waals surface area contributed by atoms with Crippen molar-refractivity contribution < 1.29 is 14.3 Å². The maximum atomic E-state index is 13.2. The minimum Gasteiger partial charge on any atom is -0.497 e. The largest absolute Gasteiger partial charge is 0.497 e. The summed E-state index contributed by atoms with van der Waals surface area (Å²) in [5.41, 5.74) is 1.95. The molecule has 0 unspecified atom stereocenters. The van der Waals surface area contributed by atoms with Gasteiger partial charge < -0.3 is 15.0 Å². The van der Waals surface area contributed by atoms with E-state index in [4.69, 9.17) is 16.3 Å². The topological polar surface area (TPSA) is 58.6 Å². The summed E-state index contributed by atoms with van der Waals surface area (Å²) in [6.45, 7) is 3.20. The van der Waals surface area contributed by atoms with Gasteiger partial charge in [0.1, 0.15) is 5.75 Å². The van der Waals surface area contributed by atoms with Crippen LogP contribution in [0.2, 0.25) is 5.02 Å². The number of piperidine rings is 1. The van der Waals surface area contributed by atoms with Crippen LogP contribution in [0.3, 0.4) is 0 Å². The second kappa shape index (κ2) is 10.5. The normalized spacial score (nSPS) is 18.9. The van der Waals surface area contributed by atoms with Gasteiger partial charge in [-0.05, 0) is 48.2 Å². The van der Waals surface area contributed by atoms with Gasteiger partial charge in [-0.1, -0.05) is 49.2 Å². The quantitative estimate of drug-likeness (QED) is 0.660. The van der Waals surface area contributed by atoms with E-state index in [-0.39, 0.29) is 23.8 Å². The number of likely N-dealkylation sites (tertiary alicyclic amines) is 1. The lowest BCUT2D eigenvalue weighted by atomic mass is 9.83. The molecule has 2 amide bonds. The van der Waals surface area contributed by atoms with Gasteiger partial charge in [0.25, 0.3) is 0 Å². The highest BCUT2D eigenvalue weighted by Gasteiger charge is 2.40. The fourth-order valence-electron chi connectivity index (χ4n) is 3.96. The maximum Gasteiger partial charge on any atom is 0.225 e. The monoisotopic (exact) mass is 428 g/mol. The molecule has 2 aromatic rings. The number of halogens is 1. The number of nitrogens with zero attached hydrogens (tertiary/aromatic N) is 1. The molecule has 1 aliphatic heterocycles. The molecule has 6 heteroatoms. The number of hydrogen-bond donors (Lipinski definition) is 1. The lowest BCUT2D eigenvalue weighted by molar-refractivity contribution is -0.143. The van der Waals surface area contributed by atoms with Gasteiger partial charge in [0.2, 0.25) is 11.8 Å². The molecule has 0 radical (unpaired) electrons. The Morgan fingerprint density at radius 1 is 1.17 bits per heavy atom. The Kier molecular flexibility index (Phi) is 7.75. The molecule has 1 heterocycles. The number of unbranched alkanes of at least 4 members (excludes halogenated alkanes) is 1. The van der Waals surface area contributed by atoms with Crippen molar-refractivity contribution in [3.05, 3.63) is 64.7 Å². The van der Waals surface area contributed by atoms with Gasteiger partial charge in [-0.3, -0.25) is 9.59 Å². The van der Waals surface area contributed by atoms with Crippen molar-refractivity contribution in [2.24, 2.45) is 5.92 Å². The third-order valence-corrected chi connectivity index (χ3v) is 5.89. The smallest absolute Gasteiger partial charge is 0.225 e. The van der Waals surface area contributed by atoms with E-state index < -0.39 is 0 Å². The Bertz CT molecular complexity index is 852. The molecule has 2 aromatic carbocycles. The SMILES string of the molecule is CCCCN1C(=O)CC[C@H](C(=O)NCc2ccc(Cl)cc2)[C@H]1c1ccc(OC)cc1. The van der Waals surface area contributed by atoms with Crippen molar-refractivity contribution in [3.63, 3.8) is 0 Å². The summed E-state index contributed by atoms with van der Waals surface area (Å²) >= 11 is 5.94. The first-order valence-electron chi connectivity index (χ1n) is 10.5. The lowest BCUT2D eigenvalue weighted by Crippen LogP contribution is -2.48. The number of amides is 2. The average Bonchev–Trinajstić information content (AvgIpc) is 2.77. The van der Waals surface area contributed by atoms with Crippen LogP contribution in [0, 0.1) is 5.92 Å². The van der Waals surface area contributed by atoms with Gasteiger partial charge in [0, 0.05) is 24.5 Å². The average molecular weight is 429 g/mol. The van der Waals surface area contributed by atoms with Crippen LogP contribution in [0.4, 0.5) is 0 Å². The van der Waals surface area contributed by atoms with Crippen LogP contribution in [0.25, 0.3) is 0 Å². The van der Waals surface area contributed by atoms with Gasteiger partial charge >= 0.3 is 0 Å². The molecule has 3 rings (SSSR count). The van der Waals surface area contributed by atoms with Crippen molar-refractivity contribution in [1.82, 2.24) is 10.2 Å². The summed E-state index contributed by atoms with van der Waals surface area (Å²) < 4.78 is 5.27. The molecule has 30 heavy (non-hydrogen) atoms. The van der Waals surface area contributed by atoms with Gasteiger partial charge in [-0.2, -0.15) is 0 Å². The second-order valence-corrected chi connectivity index (χ2v) is 8.08. The van der Waals surface area contributed by atoms with E-state index in [1.807, 2.05) is 53.4 Å². The van der Waals surface area contributed by atoms with Crippen molar-refractivity contribution in [2.75, 3.05) is 13.7 Å². The minimum atomic E-state index is -0.291. The molecule has 0 saturated carbocycles. The highest BCUT2D eigenvalue weighted by atomic mass is 35.5. The summed E-state index contributed by atoms with van der Waals surface area (Å²) in [5.74, 6) is 0.552. The first-order chi connectivity index (χ1) is 14.5. The molecule has 0 aliphatic carbocycles. The molecule has 1 aliphatic rings. The fraction of sp³-hybridized carbons (Fsp3) is 0.417. The zero-order valence-electron chi connectivity index (χ0n) is 17.6. The van der Waals surface area contributed by atoms with Crippen LogP contribution in [-0.4, -0.2) is 30.4 Å². The minimum absolute atomic E-state index is 0.0280. The number of methoxy groups -OCH3 is 1. The second-order valence-electron chi connectivity index (χ2n) is 7.65. The van der Waals surface area contributed by atoms with E-state index >= 15 is 0 Å². The third-order valence-electron chi connectivity index (χ3n) is 5.63. The summed E-state index contributed by atoms with van der Waals surface area (Å²) in [5, 5.41) is 3.73. The summed E-state index contributed by atoms with van der Waals surface area (Å²) in [7, 11) is 1.62. The highest BCUT2D eigenvalue weighted by Crippen LogP contribution is 2.37. The van der Waals surface area contributed by atoms with Gasteiger partial charge in [-0.25, -0.2) is 0 Å². The van der Waals surface area contributed by atoms with E-state index in [1.54, 1.807) is 7.11 Å². The molecule has 1 fully saturated rings. The summed E-state index contributed by atoms with van der Waals surface area (Å²) in [6.07, 6.45) is 2.85. The summed E-state index contributed by atoms with van der Waals surface area (Å²) in [4.78, 5) is 27.8. The van der Waals surface area contributed by atoms with Crippen LogP contribution < -0.4 is 10.1 Å². The molecule has 5 nitrogen and oxygen atoms in total. The maximum absolute atomic E-state index is 13.2. The number of nitrogens with one attached hydrogen (secondary N) is 1. The molecule has 0 bridgehead atoms. The van der Waals surface area contributed by atoms with E-state index in [9.17, 15) is 9.59 Å². The van der Waals surface area contributed by atoms with E-state index in [0.29, 0.717) is 31.0 Å². The van der Waals surface area contributed by atoms with Crippen molar-refractivity contribution in [2.45, 2.75) is 45.2 Å². The Morgan fingerprint density at radius 3 is 2.50 bits per heavy atom. The Morgan fingerprint density at radius 2 is 1.87 bits per heavy atom. The van der Waals surface area contributed by atoms with Crippen molar-refractivity contribution >= 4 is 23.4 Å². The van der Waals surface area contributed by atoms with Gasteiger partial charge in [-0.15, -0.1) is 0 Å². The molecule has 1 saturated heterocycles. The van der Waals surface area contributed by atoms with Crippen molar-refractivity contribution in [1.29, 1.82) is 0 Å². The first kappa shape index (κ1) is 22.2. The van der Waals surface area contributed by atoms with Crippen LogP contribution >= 0.6 is 11.6 Å². The molecular weight excluding hydrogens is 400 g/mol. The number of hydrogen-bond acceptors (Lipinski definition) is 3. The molecule has 1 N–H and O–H groups in total. The predicted octanol–water partition coefficient (Wildman–Crippen LogP) is 4.74. The predicted molar refractivity (Wildman–Crippen MR) is 118 cm³/mol. The van der Waals surface area contributed by atoms with Crippen LogP contribution in [0.15, 0.2) is 48.5 Å². The molecule has 0 spiro atoms. The van der Waals surface area contributed by atoms with Crippen LogP contribution in [0.5, 0.6) is 5.75 Å². The molecule has 160 valence electrons.